The number of phenolic OH excluding ortho intramolecular Hbond substituents is 1. The number of aliphatic hydroxyl groups is 1. The first-order valence-electron chi connectivity index (χ1n) is 9.58. The predicted octanol–water partition coefficient (Wildman–Crippen LogP) is 0.507. The Morgan fingerprint density at radius 1 is 1.12 bits per heavy atom. The number of nitrogens with one attached hydrogen (secondary N) is 1. The lowest BCUT2D eigenvalue weighted by molar-refractivity contribution is -0.142. The van der Waals surface area contributed by atoms with E-state index in [9.17, 15) is 14.4 Å². The molecule has 0 spiro atoms. The van der Waals surface area contributed by atoms with Crippen LogP contribution >= 0.6 is 0 Å². The molecule has 0 saturated heterocycles. The molecule has 8 N–H and O–H groups in total. The topological polar surface area (TPSA) is 189 Å². The number of carboxylic acids is 1. The van der Waals surface area contributed by atoms with Crippen molar-refractivity contribution in [1.82, 2.24) is 5.32 Å². The lowest BCUT2D eigenvalue weighted by Crippen LogP contribution is -2.50. The molecular formula is C22H25N3O7. The number of carbonyl (C=O) groups excluding carboxylic acids is 1. The zero-order valence-corrected chi connectivity index (χ0v) is 17.3. The van der Waals surface area contributed by atoms with Crippen LogP contribution in [-0.2, 0) is 16.0 Å². The molecule has 2 atom stereocenters. The Morgan fingerprint density at radius 2 is 1.78 bits per heavy atom. The number of amides is 1. The summed E-state index contributed by atoms with van der Waals surface area (Å²) < 4.78 is 4.99. The van der Waals surface area contributed by atoms with Crippen molar-refractivity contribution in [2.24, 2.45) is 5.73 Å². The lowest BCUT2D eigenvalue weighted by atomic mass is 10.1. The summed E-state index contributed by atoms with van der Waals surface area (Å²) in [5.41, 5.74) is 13.2. The van der Waals surface area contributed by atoms with Gasteiger partial charge >= 0.3 is 11.6 Å². The van der Waals surface area contributed by atoms with E-state index in [-0.39, 0.29) is 17.8 Å². The maximum Gasteiger partial charge on any atom is 0.336 e. The maximum absolute atomic E-state index is 11.4. The van der Waals surface area contributed by atoms with Gasteiger partial charge in [0.1, 0.15) is 23.4 Å². The normalized spacial score (nSPS) is 12.3. The number of carbonyl (C=O) groups is 2. The average Bonchev–Trinajstić information content (AvgIpc) is 2.73. The van der Waals surface area contributed by atoms with Gasteiger partial charge in [-0.2, -0.15) is 0 Å². The molecule has 2 aromatic carbocycles. The van der Waals surface area contributed by atoms with Crippen molar-refractivity contribution in [3.63, 3.8) is 0 Å². The van der Waals surface area contributed by atoms with Crippen molar-refractivity contribution < 1.29 is 29.3 Å². The Morgan fingerprint density at radius 3 is 2.38 bits per heavy atom. The second-order valence-corrected chi connectivity index (χ2v) is 7.06. The minimum absolute atomic E-state index is 0.0551. The van der Waals surface area contributed by atoms with Crippen molar-refractivity contribution in [3.8, 4) is 5.75 Å². The molecule has 0 aliphatic carbocycles. The first-order chi connectivity index (χ1) is 15.1. The minimum atomic E-state index is -1.20. The summed E-state index contributed by atoms with van der Waals surface area (Å²) in [6, 6.07) is 10.4. The monoisotopic (exact) mass is 443 g/mol. The van der Waals surface area contributed by atoms with Crippen LogP contribution in [0.3, 0.4) is 0 Å². The third-order valence-electron chi connectivity index (χ3n) is 4.50. The Balaban J connectivity index is 0.000000242. The van der Waals surface area contributed by atoms with Gasteiger partial charge in [0.25, 0.3) is 0 Å². The van der Waals surface area contributed by atoms with Gasteiger partial charge in [0, 0.05) is 29.6 Å². The molecule has 0 fully saturated rings. The molecule has 1 aromatic heterocycles. The van der Waals surface area contributed by atoms with Crippen LogP contribution in [0.4, 0.5) is 5.69 Å². The van der Waals surface area contributed by atoms with Crippen LogP contribution in [0.15, 0.2) is 57.7 Å². The largest absolute Gasteiger partial charge is 0.508 e. The molecule has 3 rings (SSSR count). The predicted molar refractivity (Wildman–Crippen MR) is 118 cm³/mol. The highest BCUT2D eigenvalue weighted by molar-refractivity contribution is 5.87. The molecule has 0 bridgehead atoms. The molecule has 0 radical (unpaired) electrons. The molecule has 10 heteroatoms. The van der Waals surface area contributed by atoms with Crippen LogP contribution in [0, 0.1) is 6.92 Å². The number of fused-ring (bicyclic) bond motifs is 1. The van der Waals surface area contributed by atoms with Gasteiger partial charge in [0.2, 0.25) is 5.91 Å². The number of aromatic hydroxyl groups is 1. The van der Waals surface area contributed by atoms with E-state index in [2.05, 4.69) is 5.32 Å². The third kappa shape index (κ3) is 6.83. The molecule has 1 heterocycles. The Kier molecular flexibility index (Phi) is 8.33. The van der Waals surface area contributed by atoms with Crippen LogP contribution in [0.1, 0.15) is 11.1 Å². The summed E-state index contributed by atoms with van der Waals surface area (Å²) in [5.74, 6) is -1.86. The van der Waals surface area contributed by atoms with E-state index in [0.29, 0.717) is 16.8 Å². The smallest absolute Gasteiger partial charge is 0.336 e. The van der Waals surface area contributed by atoms with Crippen LogP contribution in [0.25, 0.3) is 11.0 Å². The van der Waals surface area contributed by atoms with E-state index in [0.717, 1.165) is 10.9 Å². The van der Waals surface area contributed by atoms with Crippen LogP contribution in [0.2, 0.25) is 0 Å². The highest BCUT2D eigenvalue weighted by Gasteiger charge is 2.23. The maximum atomic E-state index is 11.4. The van der Waals surface area contributed by atoms with E-state index in [1.165, 1.54) is 18.2 Å². The zero-order valence-electron chi connectivity index (χ0n) is 17.3. The zero-order chi connectivity index (χ0) is 23.8. The van der Waals surface area contributed by atoms with Gasteiger partial charge in [-0.05, 0) is 42.3 Å². The fourth-order valence-corrected chi connectivity index (χ4v) is 2.77. The molecule has 3 aromatic rings. The number of aliphatic hydroxyl groups excluding tert-OH is 1. The van der Waals surface area contributed by atoms with Gasteiger partial charge in [-0.25, -0.2) is 9.59 Å². The van der Waals surface area contributed by atoms with E-state index >= 15 is 0 Å². The number of hydrogen-bond acceptors (Lipinski definition) is 8. The molecule has 170 valence electrons. The number of nitrogens with two attached hydrogens (primary N) is 2. The molecule has 0 unspecified atom stereocenters. The Labute approximate surface area is 183 Å². The summed E-state index contributed by atoms with van der Waals surface area (Å²) in [6.07, 6.45) is 0.0551. The Bertz CT molecular complexity index is 1140. The second-order valence-electron chi connectivity index (χ2n) is 7.06. The molecule has 0 saturated carbocycles. The lowest BCUT2D eigenvalue weighted by Gasteiger charge is -2.16. The molecule has 1 amide bonds. The second kappa shape index (κ2) is 10.9. The van der Waals surface area contributed by atoms with Crippen molar-refractivity contribution in [3.05, 3.63) is 70.1 Å². The number of aryl methyl sites for hydroxylation is 1. The highest BCUT2D eigenvalue weighted by Crippen LogP contribution is 2.18. The van der Waals surface area contributed by atoms with Gasteiger partial charge in [0.15, 0.2) is 0 Å². The van der Waals surface area contributed by atoms with Crippen molar-refractivity contribution in [2.45, 2.75) is 25.4 Å². The molecular weight excluding hydrogens is 418 g/mol. The number of aliphatic carboxylic acids is 1. The fourth-order valence-electron chi connectivity index (χ4n) is 2.77. The fraction of sp³-hybridized carbons (Fsp3) is 0.227. The third-order valence-corrected chi connectivity index (χ3v) is 4.50. The van der Waals surface area contributed by atoms with E-state index in [1.54, 1.807) is 24.3 Å². The van der Waals surface area contributed by atoms with Crippen molar-refractivity contribution in [2.75, 3.05) is 12.3 Å². The first-order valence-corrected chi connectivity index (χ1v) is 9.58. The number of carboxylic acid groups (broad SMARTS) is 1. The average molecular weight is 443 g/mol. The van der Waals surface area contributed by atoms with Crippen LogP contribution in [-0.4, -0.2) is 45.9 Å². The number of anilines is 1. The standard InChI is InChI=1S/C12H16N2O5.C10H9NO2/c13-9(6-15)11(17)14-10(12(18)19)5-7-1-3-8(16)4-2-7;1-6-4-10(12)13-9-5-7(11)2-3-8(6)9/h1-4,9-10,15-16H,5-6,13H2,(H,14,17)(H,18,19);2-5H,11H2,1H3/t9-,10-;/m0./s1. The molecule has 0 aliphatic rings. The highest BCUT2D eigenvalue weighted by atomic mass is 16.4. The van der Waals surface area contributed by atoms with Gasteiger partial charge in [0.05, 0.1) is 6.61 Å². The number of nitrogen functional groups attached to an aromatic ring is 1. The van der Waals surface area contributed by atoms with Gasteiger partial charge < -0.3 is 36.5 Å². The first kappa shape index (κ1) is 24.4. The number of rotatable bonds is 6. The molecule has 32 heavy (non-hydrogen) atoms. The summed E-state index contributed by atoms with van der Waals surface area (Å²) in [5, 5.41) is 30.0. The van der Waals surface area contributed by atoms with Gasteiger partial charge in [-0.1, -0.05) is 12.1 Å². The number of benzene rings is 2. The number of phenols is 1. The Hall–Kier alpha value is -3.89. The van der Waals surface area contributed by atoms with E-state index < -0.39 is 30.6 Å². The van der Waals surface area contributed by atoms with E-state index in [4.69, 9.17) is 31.2 Å². The summed E-state index contributed by atoms with van der Waals surface area (Å²) in [6.45, 7) is 1.31. The van der Waals surface area contributed by atoms with Crippen molar-refractivity contribution >= 4 is 28.5 Å². The van der Waals surface area contributed by atoms with E-state index in [1.807, 2.05) is 13.0 Å². The molecule has 0 aliphatic heterocycles. The molecule has 10 nitrogen and oxygen atoms in total. The van der Waals surface area contributed by atoms with Gasteiger partial charge in [-0.3, -0.25) is 4.79 Å². The summed E-state index contributed by atoms with van der Waals surface area (Å²) in [7, 11) is 0. The number of hydrogen-bond donors (Lipinski definition) is 6. The summed E-state index contributed by atoms with van der Waals surface area (Å²) >= 11 is 0. The quantitative estimate of drug-likeness (QED) is 0.233. The minimum Gasteiger partial charge on any atom is -0.508 e. The van der Waals surface area contributed by atoms with Crippen LogP contribution in [0.5, 0.6) is 5.75 Å². The SMILES string of the molecule is Cc1cc(=O)oc2cc(N)ccc12.N[C@@H](CO)C(=O)N[C@@H](Cc1ccc(O)cc1)C(=O)O. The van der Waals surface area contributed by atoms with Crippen molar-refractivity contribution in [1.29, 1.82) is 0 Å². The van der Waals surface area contributed by atoms with Crippen LogP contribution < -0.4 is 22.4 Å². The summed E-state index contributed by atoms with van der Waals surface area (Å²) in [4.78, 5) is 33.5. The van der Waals surface area contributed by atoms with Gasteiger partial charge in [-0.15, -0.1) is 0 Å².